The largest absolute Gasteiger partial charge is 0.462 e. The molecule has 1 atom stereocenters. The molecular formula is C25H28N2O2S2. The van der Waals surface area contributed by atoms with Gasteiger partial charge >= 0.3 is 5.97 Å². The van der Waals surface area contributed by atoms with Crippen molar-refractivity contribution >= 4 is 39.6 Å². The Bertz CT molecular complexity index is 1090. The van der Waals surface area contributed by atoms with E-state index >= 15 is 0 Å². The van der Waals surface area contributed by atoms with Gasteiger partial charge < -0.3 is 15.4 Å². The van der Waals surface area contributed by atoms with E-state index in [1.807, 2.05) is 44.2 Å². The maximum Gasteiger partial charge on any atom is 0.341 e. The van der Waals surface area contributed by atoms with E-state index in [9.17, 15) is 4.79 Å². The van der Waals surface area contributed by atoms with Crippen molar-refractivity contribution in [1.82, 2.24) is 5.32 Å². The van der Waals surface area contributed by atoms with E-state index in [0.29, 0.717) is 22.3 Å². The maximum absolute atomic E-state index is 12.9. The zero-order chi connectivity index (χ0) is 22.5. The third kappa shape index (κ3) is 5.32. The van der Waals surface area contributed by atoms with Gasteiger partial charge in [-0.2, -0.15) is 0 Å². The van der Waals surface area contributed by atoms with Gasteiger partial charge in [0.2, 0.25) is 0 Å². The summed E-state index contributed by atoms with van der Waals surface area (Å²) in [6, 6.07) is 16.3. The molecule has 0 fully saturated rings. The molecule has 2 aromatic carbocycles. The number of ether oxygens (including phenoxy) is 1. The highest BCUT2D eigenvalue weighted by Gasteiger charge is 2.25. The van der Waals surface area contributed by atoms with Crippen LogP contribution in [-0.2, 0) is 4.74 Å². The number of esters is 1. The molecule has 0 aliphatic carbocycles. The lowest BCUT2D eigenvalue weighted by atomic mass is 10.0. The van der Waals surface area contributed by atoms with Crippen LogP contribution in [0.5, 0.6) is 0 Å². The number of thiocarbonyl (C=S) groups is 1. The average molecular weight is 453 g/mol. The summed E-state index contributed by atoms with van der Waals surface area (Å²) in [6.07, 6.45) is 0. The molecule has 0 aliphatic rings. The highest BCUT2D eigenvalue weighted by molar-refractivity contribution is 7.80. The first-order valence-corrected chi connectivity index (χ1v) is 11.5. The van der Waals surface area contributed by atoms with Crippen molar-refractivity contribution in [3.05, 3.63) is 75.7 Å². The zero-order valence-electron chi connectivity index (χ0n) is 18.5. The molecule has 0 spiro atoms. The van der Waals surface area contributed by atoms with E-state index in [-0.39, 0.29) is 12.0 Å². The monoisotopic (exact) mass is 452 g/mol. The summed E-state index contributed by atoms with van der Waals surface area (Å²) in [5.74, 6) is -0.349. The molecular weight excluding hydrogens is 424 g/mol. The summed E-state index contributed by atoms with van der Waals surface area (Å²) in [6.45, 7) is 10.4. The maximum atomic E-state index is 12.9. The summed E-state index contributed by atoms with van der Waals surface area (Å²) in [7, 11) is 0. The first-order chi connectivity index (χ1) is 14.8. The van der Waals surface area contributed by atoms with Crippen LogP contribution in [0.15, 0.2) is 48.5 Å². The van der Waals surface area contributed by atoms with Crippen LogP contribution in [0.2, 0.25) is 0 Å². The molecule has 0 bridgehead atoms. The Balaban J connectivity index is 1.89. The topological polar surface area (TPSA) is 50.4 Å². The number of hydrogen-bond acceptors (Lipinski definition) is 4. The predicted octanol–water partition coefficient (Wildman–Crippen LogP) is 6.56. The number of carbonyl (C=O) groups is 1. The Morgan fingerprint density at radius 1 is 1.13 bits per heavy atom. The molecule has 2 N–H and O–H groups in total. The van der Waals surface area contributed by atoms with Crippen molar-refractivity contribution in [2.24, 2.45) is 0 Å². The molecule has 1 aromatic heterocycles. The Labute approximate surface area is 193 Å². The lowest BCUT2D eigenvalue weighted by Gasteiger charge is -2.19. The lowest BCUT2D eigenvalue weighted by molar-refractivity contribution is 0.0529. The van der Waals surface area contributed by atoms with E-state index in [0.717, 1.165) is 16.0 Å². The van der Waals surface area contributed by atoms with Gasteiger partial charge in [0, 0.05) is 10.4 Å². The normalized spacial score (nSPS) is 11.6. The quantitative estimate of drug-likeness (QED) is 0.327. The third-order valence-corrected chi connectivity index (χ3v) is 6.34. The van der Waals surface area contributed by atoms with Crippen molar-refractivity contribution in [2.45, 2.75) is 40.7 Å². The predicted molar refractivity (Wildman–Crippen MR) is 134 cm³/mol. The first kappa shape index (κ1) is 23.0. The van der Waals surface area contributed by atoms with Crippen molar-refractivity contribution in [3.63, 3.8) is 0 Å². The van der Waals surface area contributed by atoms with Crippen LogP contribution in [0.4, 0.5) is 5.00 Å². The summed E-state index contributed by atoms with van der Waals surface area (Å²) >= 11 is 7.11. The number of aryl methyl sites for hydroxylation is 3. The van der Waals surface area contributed by atoms with Gasteiger partial charge in [-0.25, -0.2) is 4.79 Å². The van der Waals surface area contributed by atoms with E-state index in [4.69, 9.17) is 17.0 Å². The van der Waals surface area contributed by atoms with Gasteiger partial charge in [-0.15, -0.1) is 11.3 Å². The van der Waals surface area contributed by atoms with Crippen LogP contribution in [0.25, 0.3) is 11.1 Å². The number of carbonyl (C=O) groups excluding carboxylic acids is 1. The van der Waals surface area contributed by atoms with Crippen molar-refractivity contribution in [1.29, 1.82) is 0 Å². The number of hydrogen-bond donors (Lipinski definition) is 2. The van der Waals surface area contributed by atoms with Crippen molar-refractivity contribution in [2.75, 3.05) is 11.9 Å². The molecule has 3 aromatic rings. The standard InChI is InChI=1S/C25H28N2O2S2/c1-6-29-24(28)22-21(19-10-8-7-9-11-19)18(5)31-23(22)27-25(30)26-17(4)20-14-15(2)12-13-16(20)3/h7-14,17H,6H2,1-5H3,(H2,26,27,30). The van der Waals surface area contributed by atoms with Gasteiger partial charge in [0.1, 0.15) is 10.6 Å². The van der Waals surface area contributed by atoms with Crippen molar-refractivity contribution in [3.8, 4) is 11.1 Å². The number of nitrogens with one attached hydrogen (secondary N) is 2. The van der Waals surface area contributed by atoms with Gasteiger partial charge in [0.05, 0.1) is 12.6 Å². The van der Waals surface area contributed by atoms with E-state index < -0.39 is 0 Å². The smallest absolute Gasteiger partial charge is 0.341 e. The number of benzene rings is 2. The Morgan fingerprint density at radius 3 is 2.52 bits per heavy atom. The van der Waals surface area contributed by atoms with Gasteiger partial charge in [0.25, 0.3) is 0 Å². The zero-order valence-corrected chi connectivity index (χ0v) is 20.2. The second-order valence-electron chi connectivity index (χ2n) is 7.50. The summed E-state index contributed by atoms with van der Waals surface area (Å²) in [5.41, 5.74) is 6.01. The minimum atomic E-state index is -0.349. The van der Waals surface area contributed by atoms with Gasteiger partial charge in [-0.1, -0.05) is 54.1 Å². The third-order valence-electron chi connectivity index (χ3n) is 5.10. The molecule has 0 aliphatic heterocycles. The molecule has 0 saturated carbocycles. The molecule has 4 nitrogen and oxygen atoms in total. The highest BCUT2D eigenvalue weighted by Crippen LogP contribution is 2.40. The van der Waals surface area contributed by atoms with E-state index in [1.165, 1.54) is 28.0 Å². The molecule has 31 heavy (non-hydrogen) atoms. The SMILES string of the molecule is CCOC(=O)c1c(NC(=S)NC(C)c2cc(C)ccc2C)sc(C)c1-c1ccccc1. The molecule has 3 rings (SSSR count). The Kier molecular flexibility index (Phi) is 7.46. The molecule has 162 valence electrons. The first-order valence-electron chi connectivity index (χ1n) is 10.3. The molecule has 0 amide bonds. The molecule has 0 saturated heterocycles. The van der Waals surface area contributed by atoms with E-state index in [2.05, 4.69) is 49.6 Å². The lowest BCUT2D eigenvalue weighted by Crippen LogP contribution is -2.31. The van der Waals surface area contributed by atoms with Gasteiger partial charge in [-0.3, -0.25) is 0 Å². The Morgan fingerprint density at radius 2 is 1.84 bits per heavy atom. The van der Waals surface area contributed by atoms with Gasteiger partial charge in [-0.05, 0) is 63.5 Å². The highest BCUT2D eigenvalue weighted by atomic mass is 32.1. The average Bonchev–Trinajstić information content (AvgIpc) is 3.06. The fourth-order valence-electron chi connectivity index (χ4n) is 3.62. The minimum Gasteiger partial charge on any atom is -0.462 e. The fraction of sp³-hybridized carbons (Fsp3) is 0.280. The Hall–Kier alpha value is -2.70. The molecule has 0 radical (unpaired) electrons. The van der Waals surface area contributed by atoms with E-state index in [1.54, 1.807) is 0 Å². The van der Waals surface area contributed by atoms with Crippen LogP contribution in [0.3, 0.4) is 0 Å². The minimum absolute atomic E-state index is 0.0283. The van der Waals surface area contributed by atoms with Crippen LogP contribution in [0.1, 0.15) is 51.8 Å². The molecule has 1 heterocycles. The summed E-state index contributed by atoms with van der Waals surface area (Å²) < 4.78 is 5.37. The van der Waals surface area contributed by atoms with Crippen molar-refractivity contribution < 1.29 is 9.53 Å². The van der Waals surface area contributed by atoms with Crippen LogP contribution in [0, 0.1) is 20.8 Å². The van der Waals surface area contributed by atoms with Crippen LogP contribution >= 0.6 is 23.6 Å². The number of rotatable bonds is 6. The summed E-state index contributed by atoms with van der Waals surface area (Å²) in [5, 5.41) is 7.77. The second kappa shape index (κ2) is 10.1. The summed E-state index contributed by atoms with van der Waals surface area (Å²) in [4.78, 5) is 13.9. The molecule has 1 unspecified atom stereocenters. The van der Waals surface area contributed by atoms with Gasteiger partial charge in [0.15, 0.2) is 5.11 Å². The molecule has 6 heteroatoms. The number of anilines is 1. The van der Waals surface area contributed by atoms with Crippen LogP contribution < -0.4 is 10.6 Å². The number of thiophene rings is 1. The fourth-order valence-corrected chi connectivity index (χ4v) is 5.04. The second-order valence-corrected chi connectivity index (χ2v) is 9.14. The van der Waals surface area contributed by atoms with Crippen LogP contribution in [-0.4, -0.2) is 17.7 Å².